The summed E-state index contributed by atoms with van der Waals surface area (Å²) in [4.78, 5) is 38.9. The summed E-state index contributed by atoms with van der Waals surface area (Å²) in [5, 5.41) is 2.54. The second kappa shape index (κ2) is 4.56. The van der Waals surface area contributed by atoms with Crippen LogP contribution in [0.1, 0.15) is 0 Å². The van der Waals surface area contributed by atoms with Gasteiger partial charge in [-0.25, -0.2) is 9.78 Å². The topological polar surface area (TPSA) is 90.9 Å². The maximum atomic E-state index is 12.1. The van der Waals surface area contributed by atoms with Crippen LogP contribution in [0.15, 0.2) is 28.6 Å². The molecule has 0 spiro atoms. The quantitative estimate of drug-likeness (QED) is 0.696. The number of hydrogen-bond acceptors (Lipinski definition) is 4. The molecule has 2 heterocycles. The zero-order chi connectivity index (χ0) is 14.2. The smallest absolute Gasteiger partial charge is 0.332 e. The second-order valence-electron chi connectivity index (χ2n) is 4.00. The Labute approximate surface area is 107 Å². The molecule has 19 heavy (non-hydrogen) atoms. The number of fused-ring (bicyclic) bond motifs is 1. The standard InChI is InChI=1S/C11H13N5O3/c1-4-7(17)12-5-16-6-13-9-8(16)10(18)15(3)11(19)14(9)2/h4,6H,1,5H2,2-3H3,(H,12,17). The number of nitrogens with zero attached hydrogens (tertiary/aromatic N) is 4. The van der Waals surface area contributed by atoms with Crippen molar-refractivity contribution in [1.82, 2.24) is 24.0 Å². The molecule has 2 aromatic rings. The highest BCUT2D eigenvalue weighted by atomic mass is 16.2. The number of amides is 1. The Kier molecular flexibility index (Phi) is 3.07. The number of rotatable bonds is 3. The van der Waals surface area contributed by atoms with Gasteiger partial charge < -0.3 is 9.88 Å². The minimum atomic E-state index is -0.455. The van der Waals surface area contributed by atoms with Crippen LogP contribution in [0.4, 0.5) is 0 Å². The summed E-state index contributed by atoms with van der Waals surface area (Å²) in [7, 11) is 2.92. The average molecular weight is 263 g/mol. The molecule has 2 aromatic heterocycles. The summed E-state index contributed by atoms with van der Waals surface area (Å²) in [6.07, 6.45) is 2.53. The molecule has 0 fully saturated rings. The van der Waals surface area contributed by atoms with Crippen LogP contribution in [0, 0.1) is 0 Å². The Morgan fingerprint density at radius 2 is 2.11 bits per heavy atom. The largest absolute Gasteiger partial charge is 0.335 e. The summed E-state index contributed by atoms with van der Waals surface area (Å²) in [5.41, 5.74) is -0.365. The van der Waals surface area contributed by atoms with Gasteiger partial charge in [0.05, 0.1) is 13.0 Å². The highest BCUT2D eigenvalue weighted by molar-refractivity contribution is 5.86. The van der Waals surface area contributed by atoms with Crippen molar-refractivity contribution < 1.29 is 4.79 Å². The Hall–Kier alpha value is -2.64. The van der Waals surface area contributed by atoms with E-state index in [9.17, 15) is 14.4 Å². The zero-order valence-electron chi connectivity index (χ0n) is 10.6. The molecule has 0 atom stereocenters. The Morgan fingerprint density at radius 3 is 2.74 bits per heavy atom. The maximum absolute atomic E-state index is 12.1. The van der Waals surface area contributed by atoms with E-state index in [4.69, 9.17) is 0 Å². The van der Waals surface area contributed by atoms with E-state index in [0.717, 1.165) is 10.6 Å². The SMILES string of the molecule is C=CC(=O)NCn1cnc2c1c(=O)n(C)c(=O)n2C. The normalized spacial score (nSPS) is 10.6. The molecular weight excluding hydrogens is 250 g/mol. The molecule has 0 unspecified atom stereocenters. The molecule has 1 amide bonds. The van der Waals surface area contributed by atoms with Gasteiger partial charge >= 0.3 is 5.69 Å². The minimum Gasteiger partial charge on any atom is -0.335 e. The van der Waals surface area contributed by atoms with E-state index >= 15 is 0 Å². The van der Waals surface area contributed by atoms with Gasteiger partial charge in [0.25, 0.3) is 5.56 Å². The molecule has 2 rings (SSSR count). The molecule has 0 aliphatic heterocycles. The lowest BCUT2D eigenvalue weighted by Gasteiger charge is -2.06. The van der Waals surface area contributed by atoms with E-state index < -0.39 is 11.2 Å². The van der Waals surface area contributed by atoms with Crippen molar-refractivity contribution in [3.63, 3.8) is 0 Å². The fourth-order valence-corrected chi connectivity index (χ4v) is 1.75. The summed E-state index contributed by atoms with van der Waals surface area (Å²) >= 11 is 0. The number of hydrogen-bond donors (Lipinski definition) is 1. The van der Waals surface area contributed by atoms with Crippen molar-refractivity contribution in [3.8, 4) is 0 Å². The van der Waals surface area contributed by atoms with Crippen LogP contribution < -0.4 is 16.6 Å². The first kappa shape index (κ1) is 12.8. The van der Waals surface area contributed by atoms with E-state index in [1.54, 1.807) is 0 Å². The van der Waals surface area contributed by atoms with Crippen LogP contribution in [0.3, 0.4) is 0 Å². The van der Waals surface area contributed by atoms with Crippen molar-refractivity contribution in [3.05, 3.63) is 39.8 Å². The molecule has 0 aliphatic rings. The molecule has 0 bridgehead atoms. The highest BCUT2D eigenvalue weighted by Crippen LogP contribution is 2.03. The van der Waals surface area contributed by atoms with Crippen LogP contribution in [0.2, 0.25) is 0 Å². The van der Waals surface area contributed by atoms with E-state index in [1.807, 2.05) is 0 Å². The molecule has 0 saturated carbocycles. The molecular formula is C11H13N5O3. The second-order valence-corrected chi connectivity index (χ2v) is 4.00. The van der Waals surface area contributed by atoms with Gasteiger partial charge in [0.2, 0.25) is 5.91 Å². The van der Waals surface area contributed by atoms with Gasteiger partial charge in [-0.05, 0) is 6.08 Å². The summed E-state index contributed by atoms with van der Waals surface area (Å²) in [6.45, 7) is 3.41. The lowest BCUT2D eigenvalue weighted by Crippen LogP contribution is -2.38. The molecule has 1 N–H and O–H groups in total. The van der Waals surface area contributed by atoms with Crippen molar-refractivity contribution in [1.29, 1.82) is 0 Å². The lowest BCUT2D eigenvalue weighted by molar-refractivity contribution is -0.116. The van der Waals surface area contributed by atoms with Crippen molar-refractivity contribution in [2.75, 3.05) is 0 Å². The monoisotopic (exact) mass is 263 g/mol. The first-order chi connectivity index (χ1) is 8.97. The maximum Gasteiger partial charge on any atom is 0.332 e. The highest BCUT2D eigenvalue weighted by Gasteiger charge is 2.13. The Morgan fingerprint density at radius 1 is 1.42 bits per heavy atom. The number of aromatic nitrogens is 4. The number of carbonyl (C=O) groups is 1. The third-order valence-corrected chi connectivity index (χ3v) is 2.83. The first-order valence-corrected chi connectivity index (χ1v) is 5.48. The molecule has 100 valence electrons. The van der Waals surface area contributed by atoms with E-state index in [0.29, 0.717) is 0 Å². The average Bonchev–Trinajstić information content (AvgIpc) is 2.84. The van der Waals surface area contributed by atoms with Crippen molar-refractivity contribution >= 4 is 17.1 Å². The fraction of sp³-hybridized carbons (Fsp3) is 0.273. The van der Waals surface area contributed by atoms with E-state index in [-0.39, 0.29) is 23.7 Å². The molecule has 0 radical (unpaired) electrons. The van der Waals surface area contributed by atoms with Gasteiger partial charge in [0.1, 0.15) is 0 Å². The van der Waals surface area contributed by atoms with Crippen LogP contribution in [-0.2, 0) is 25.6 Å². The molecule has 8 heteroatoms. The van der Waals surface area contributed by atoms with Gasteiger partial charge in [-0.1, -0.05) is 6.58 Å². The van der Waals surface area contributed by atoms with Crippen molar-refractivity contribution in [2.24, 2.45) is 14.1 Å². The van der Waals surface area contributed by atoms with Gasteiger partial charge in [0, 0.05) is 14.1 Å². The first-order valence-electron chi connectivity index (χ1n) is 5.48. The number of nitrogens with one attached hydrogen (secondary N) is 1. The lowest BCUT2D eigenvalue weighted by atomic mass is 10.5. The number of aryl methyl sites for hydroxylation is 1. The minimum absolute atomic E-state index is 0.0782. The van der Waals surface area contributed by atoms with Gasteiger partial charge in [-0.15, -0.1) is 0 Å². The molecule has 0 aromatic carbocycles. The number of carbonyl (C=O) groups excluding carboxylic acids is 1. The third-order valence-electron chi connectivity index (χ3n) is 2.83. The third kappa shape index (κ3) is 1.96. The fourth-order valence-electron chi connectivity index (χ4n) is 1.75. The Bertz CT molecular complexity index is 780. The van der Waals surface area contributed by atoms with Gasteiger partial charge in [-0.3, -0.25) is 18.7 Å². The van der Waals surface area contributed by atoms with Crippen LogP contribution >= 0.6 is 0 Å². The van der Waals surface area contributed by atoms with Gasteiger partial charge in [0.15, 0.2) is 11.2 Å². The molecule has 8 nitrogen and oxygen atoms in total. The number of imidazole rings is 1. The van der Waals surface area contributed by atoms with Crippen LogP contribution in [0.25, 0.3) is 11.2 Å². The Balaban J connectivity index is 2.60. The van der Waals surface area contributed by atoms with Gasteiger partial charge in [-0.2, -0.15) is 0 Å². The summed E-state index contributed by atoms with van der Waals surface area (Å²) in [6, 6.07) is 0. The summed E-state index contributed by atoms with van der Waals surface area (Å²) in [5.74, 6) is -0.358. The van der Waals surface area contributed by atoms with E-state index in [2.05, 4.69) is 16.9 Å². The zero-order valence-corrected chi connectivity index (χ0v) is 10.6. The predicted molar refractivity (Wildman–Crippen MR) is 68.6 cm³/mol. The summed E-state index contributed by atoms with van der Waals surface area (Å²) < 4.78 is 3.75. The van der Waals surface area contributed by atoms with Crippen LogP contribution in [0.5, 0.6) is 0 Å². The predicted octanol–water partition coefficient (Wildman–Crippen LogP) is -1.31. The van der Waals surface area contributed by atoms with E-state index in [1.165, 1.54) is 29.6 Å². The van der Waals surface area contributed by atoms with Crippen LogP contribution in [-0.4, -0.2) is 24.6 Å². The molecule has 0 saturated heterocycles. The molecule has 0 aliphatic carbocycles. The van der Waals surface area contributed by atoms with Crippen molar-refractivity contribution in [2.45, 2.75) is 6.67 Å².